The fourth-order valence-electron chi connectivity index (χ4n) is 3.64. The molecule has 4 rings (SSSR count). The first-order valence-corrected chi connectivity index (χ1v) is 11.1. The Labute approximate surface area is 191 Å². The van der Waals surface area contributed by atoms with Crippen molar-refractivity contribution in [2.24, 2.45) is 0 Å². The van der Waals surface area contributed by atoms with Gasteiger partial charge in [-0.2, -0.15) is 13.2 Å². The average Bonchev–Trinajstić information content (AvgIpc) is 3.10. The molecule has 0 unspecified atom stereocenters. The van der Waals surface area contributed by atoms with Crippen LogP contribution >= 0.6 is 22.9 Å². The molecule has 1 aliphatic rings. The minimum absolute atomic E-state index is 0.0577. The van der Waals surface area contributed by atoms with Crippen LogP contribution in [-0.2, 0) is 11.0 Å². The van der Waals surface area contributed by atoms with Gasteiger partial charge in [0.25, 0.3) is 5.91 Å². The Hall–Kier alpha value is -2.62. The number of amides is 2. The highest BCUT2D eigenvalue weighted by atomic mass is 35.5. The first-order chi connectivity index (χ1) is 15.2. The number of nitrogens with zero attached hydrogens (tertiary/aromatic N) is 2. The molecule has 0 radical (unpaired) electrons. The largest absolute Gasteiger partial charge is 0.418 e. The monoisotopic (exact) mass is 481 g/mol. The summed E-state index contributed by atoms with van der Waals surface area (Å²) in [5, 5.41) is 3.64. The van der Waals surface area contributed by atoms with E-state index < -0.39 is 17.6 Å². The Bertz CT molecular complexity index is 1160. The van der Waals surface area contributed by atoms with Gasteiger partial charge in [0, 0.05) is 36.3 Å². The zero-order chi connectivity index (χ0) is 22.9. The van der Waals surface area contributed by atoms with Crippen LogP contribution in [-0.4, -0.2) is 54.3 Å². The summed E-state index contributed by atoms with van der Waals surface area (Å²) in [4.78, 5) is 29.2. The van der Waals surface area contributed by atoms with Crippen molar-refractivity contribution in [3.8, 4) is 0 Å². The van der Waals surface area contributed by atoms with E-state index >= 15 is 0 Å². The Kier molecular flexibility index (Phi) is 6.41. The predicted octanol–water partition coefficient (Wildman–Crippen LogP) is 4.97. The van der Waals surface area contributed by atoms with Crippen molar-refractivity contribution < 1.29 is 22.8 Å². The summed E-state index contributed by atoms with van der Waals surface area (Å²) in [6.45, 7) is 1.61. The first kappa shape index (κ1) is 22.6. The van der Waals surface area contributed by atoms with Gasteiger partial charge in [-0.15, -0.1) is 11.3 Å². The minimum Gasteiger partial charge on any atom is -0.335 e. The second-order valence-electron chi connectivity index (χ2n) is 7.40. The summed E-state index contributed by atoms with van der Waals surface area (Å²) in [5.74, 6) is -0.687. The van der Waals surface area contributed by atoms with Gasteiger partial charge in [0.05, 0.1) is 22.8 Å². The average molecular weight is 482 g/mol. The number of benzene rings is 2. The van der Waals surface area contributed by atoms with Gasteiger partial charge in [0.15, 0.2) is 0 Å². The van der Waals surface area contributed by atoms with E-state index in [2.05, 4.69) is 5.32 Å². The maximum absolute atomic E-state index is 13.1. The fraction of sp³-hybridized carbons (Fsp3) is 0.273. The molecule has 0 bridgehead atoms. The molecule has 3 aromatic rings. The first-order valence-electron chi connectivity index (χ1n) is 9.89. The van der Waals surface area contributed by atoms with Crippen molar-refractivity contribution in [2.45, 2.75) is 6.18 Å². The van der Waals surface area contributed by atoms with Crippen molar-refractivity contribution in [2.75, 3.05) is 38.0 Å². The van der Waals surface area contributed by atoms with E-state index in [4.69, 9.17) is 11.6 Å². The number of nitrogens with one attached hydrogen (secondary N) is 1. The second-order valence-corrected chi connectivity index (χ2v) is 8.83. The van der Waals surface area contributed by atoms with Gasteiger partial charge in [-0.3, -0.25) is 14.5 Å². The summed E-state index contributed by atoms with van der Waals surface area (Å²) in [5.41, 5.74) is -1.15. The molecule has 0 spiro atoms. The van der Waals surface area contributed by atoms with Gasteiger partial charge >= 0.3 is 6.18 Å². The van der Waals surface area contributed by atoms with E-state index in [1.165, 1.54) is 29.5 Å². The maximum atomic E-state index is 13.1. The summed E-state index contributed by atoms with van der Waals surface area (Å²) in [7, 11) is 0. The number of carbonyl (C=O) groups is 2. The Morgan fingerprint density at radius 2 is 1.66 bits per heavy atom. The standard InChI is InChI=1S/C22H19ClF3N3O2S/c23-19-14-5-1-4-8-17(14)32-20(19)21(31)29-11-9-28(10-12-29)13-18(30)27-16-7-3-2-6-15(16)22(24,25)26/h1-8H,9-13H2,(H,27,30). The van der Waals surface area contributed by atoms with Crippen LogP contribution in [0.15, 0.2) is 48.5 Å². The van der Waals surface area contributed by atoms with Crippen LogP contribution in [0.4, 0.5) is 18.9 Å². The van der Waals surface area contributed by atoms with Crippen LogP contribution < -0.4 is 5.32 Å². The van der Waals surface area contributed by atoms with Crippen molar-refractivity contribution in [1.82, 2.24) is 9.80 Å². The van der Waals surface area contributed by atoms with Crippen molar-refractivity contribution in [1.29, 1.82) is 0 Å². The number of halogens is 4. The van der Waals surface area contributed by atoms with E-state index in [1.807, 2.05) is 29.2 Å². The lowest BCUT2D eigenvalue weighted by molar-refractivity contribution is -0.137. The zero-order valence-corrected chi connectivity index (χ0v) is 18.4. The minimum atomic E-state index is -4.55. The number of piperazine rings is 1. The molecule has 2 aromatic carbocycles. The molecule has 1 saturated heterocycles. The molecule has 32 heavy (non-hydrogen) atoms. The summed E-state index contributed by atoms with van der Waals surface area (Å²) < 4.78 is 40.3. The number of alkyl halides is 3. The molecule has 10 heteroatoms. The van der Waals surface area contributed by atoms with Crippen LogP contribution in [0.2, 0.25) is 5.02 Å². The quantitative estimate of drug-likeness (QED) is 0.572. The topological polar surface area (TPSA) is 52.7 Å². The van der Waals surface area contributed by atoms with Crippen molar-refractivity contribution >= 4 is 50.5 Å². The predicted molar refractivity (Wildman–Crippen MR) is 119 cm³/mol. The molecule has 2 amide bonds. The summed E-state index contributed by atoms with van der Waals surface area (Å²) >= 11 is 7.76. The molecule has 0 atom stereocenters. The second kappa shape index (κ2) is 9.09. The number of fused-ring (bicyclic) bond motifs is 1. The fourth-order valence-corrected chi connectivity index (χ4v) is 5.12. The molecule has 168 valence electrons. The number of carbonyl (C=O) groups excluding carboxylic acids is 2. The number of hydrogen-bond donors (Lipinski definition) is 1. The third-order valence-electron chi connectivity index (χ3n) is 5.26. The van der Waals surface area contributed by atoms with E-state index in [-0.39, 0.29) is 18.1 Å². The molecule has 1 aromatic heterocycles. The normalized spacial score (nSPS) is 15.2. The van der Waals surface area contributed by atoms with E-state index in [0.717, 1.165) is 16.2 Å². The molecule has 0 saturated carbocycles. The van der Waals surface area contributed by atoms with Crippen LogP contribution in [0.3, 0.4) is 0 Å². The number of anilines is 1. The lowest BCUT2D eigenvalue weighted by atomic mass is 10.1. The molecule has 1 fully saturated rings. The molecule has 1 N–H and O–H groups in total. The highest BCUT2D eigenvalue weighted by molar-refractivity contribution is 7.21. The Balaban J connectivity index is 1.35. The maximum Gasteiger partial charge on any atom is 0.418 e. The number of rotatable bonds is 4. The Morgan fingerprint density at radius 1 is 1.00 bits per heavy atom. The van der Waals surface area contributed by atoms with E-state index in [0.29, 0.717) is 36.1 Å². The van der Waals surface area contributed by atoms with E-state index in [1.54, 1.807) is 4.90 Å². The van der Waals surface area contributed by atoms with Gasteiger partial charge in [0.2, 0.25) is 5.91 Å². The highest BCUT2D eigenvalue weighted by Gasteiger charge is 2.34. The van der Waals surface area contributed by atoms with Gasteiger partial charge < -0.3 is 10.2 Å². The summed E-state index contributed by atoms with van der Waals surface area (Å²) in [6, 6.07) is 12.4. The lowest BCUT2D eigenvalue weighted by Crippen LogP contribution is -2.50. The molecular weight excluding hydrogens is 463 g/mol. The number of hydrogen-bond acceptors (Lipinski definition) is 4. The van der Waals surface area contributed by atoms with Crippen LogP contribution in [0, 0.1) is 0 Å². The number of thiophene rings is 1. The smallest absolute Gasteiger partial charge is 0.335 e. The molecule has 5 nitrogen and oxygen atoms in total. The van der Waals surface area contributed by atoms with E-state index in [9.17, 15) is 22.8 Å². The SMILES string of the molecule is O=C(CN1CCN(C(=O)c2sc3ccccc3c2Cl)CC1)Nc1ccccc1C(F)(F)F. The third kappa shape index (κ3) is 4.74. The van der Waals surface area contributed by atoms with Crippen molar-refractivity contribution in [3.05, 3.63) is 64.0 Å². The molecule has 2 heterocycles. The van der Waals surface area contributed by atoms with Gasteiger partial charge in [-0.05, 0) is 18.2 Å². The van der Waals surface area contributed by atoms with Crippen LogP contribution in [0.25, 0.3) is 10.1 Å². The molecule has 1 aliphatic heterocycles. The van der Waals surface area contributed by atoms with Crippen LogP contribution in [0.5, 0.6) is 0 Å². The van der Waals surface area contributed by atoms with Gasteiger partial charge in [0.1, 0.15) is 4.88 Å². The molecule has 0 aliphatic carbocycles. The molecular formula is C22H19ClF3N3O2S. The zero-order valence-electron chi connectivity index (χ0n) is 16.8. The number of para-hydroxylation sites is 1. The van der Waals surface area contributed by atoms with Crippen molar-refractivity contribution in [3.63, 3.8) is 0 Å². The van der Waals surface area contributed by atoms with Crippen LogP contribution in [0.1, 0.15) is 15.2 Å². The highest BCUT2D eigenvalue weighted by Crippen LogP contribution is 2.36. The lowest BCUT2D eigenvalue weighted by Gasteiger charge is -2.34. The Morgan fingerprint density at radius 3 is 2.34 bits per heavy atom. The van der Waals surface area contributed by atoms with Gasteiger partial charge in [-0.1, -0.05) is 41.9 Å². The third-order valence-corrected chi connectivity index (χ3v) is 6.93. The summed E-state index contributed by atoms with van der Waals surface area (Å²) in [6.07, 6.45) is -4.55. The van der Waals surface area contributed by atoms with Gasteiger partial charge in [-0.25, -0.2) is 0 Å².